The molecule has 0 saturated heterocycles. The zero-order valence-corrected chi connectivity index (χ0v) is 21.8. The molecule has 0 aliphatic heterocycles. The second kappa shape index (κ2) is 6.40. The van der Waals surface area contributed by atoms with Crippen LogP contribution in [-0.4, -0.2) is 26.0 Å². The molecule has 0 N–H and O–H groups in total. The molecule has 3 saturated carbocycles. The fraction of sp³-hybridized carbons (Fsp3) is 0.846. The number of Topliss-reactive ketones (excluding diaryl/α,β-unsaturated/α-hetero) is 2. The van der Waals surface area contributed by atoms with Gasteiger partial charge in [-0.3, -0.25) is 9.59 Å². The van der Waals surface area contributed by atoms with Crippen molar-refractivity contribution in [2.45, 2.75) is 92.5 Å². The molecule has 30 heavy (non-hydrogen) atoms. The van der Waals surface area contributed by atoms with Gasteiger partial charge in [0.1, 0.15) is 5.78 Å². The van der Waals surface area contributed by atoms with Crippen LogP contribution in [0.25, 0.3) is 0 Å². The third-order valence-corrected chi connectivity index (χ3v) is 14.6. The Labute approximate surface area is 184 Å². The van der Waals surface area contributed by atoms with E-state index in [0.717, 1.165) is 18.4 Å². The normalized spacial score (nSPS) is 45.3. The smallest absolute Gasteiger partial charge is 0.192 e. The van der Waals surface area contributed by atoms with Gasteiger partial charge in [-0.05, 0) is 72.6 Å². The van der Waals surface area contributed by atoms with Crippen molar-refractivity contribution in [1.82, 2.24) is 0 Å². The van der Waals surface area contributed by atoms with E-state index in [0.29, 0.717) is 17.6 Å². The van der Waals surface area contributed by atoms with Gasteiger partial charge >= 0.3 is 0 Å². The van der Waals surface area contributed by atoms with Crippen molar-refractivity contribution < 1.29 is 14.0 Å². The van der Waals surface area contributed by atoms with Crippen molar-refractivity contribution in [3.63, 3.8) is 0 Å². The molecular weight excluding hydrogens is 388 g/mol. The summed E-state index contributed by atoms with van der Waals surface area (Å²) >= 11 is 0. The van der Waals surface area contributed by atoms with Crippen molar-refractivity contribution in [3.05, 3.63) is 11.6 Å². The predicted molar refractivity (Wildman–Crippen MR) is 124 cm³/mol. The highest BCUT2D eigenvalue weighted by atomic mass is 28.4. The summed E-state index contributed by atoms with van der Waals surface area (Å²) < 4.78 is 7.08. The molecule has 0 heterocycles. The number of rotatable bonds is 2. The molecule has 0 aromatic heterocycles. The van der Waals surface area contributed by atoms with Gasteiger partial charge in [0.15, 0.2) is 14.1 Å². The van der Waals surface area contributed by atoms with Gasteiger partial charge in [0.25, 0.3) is 0 Å². The van der Waals surface area contributed by atoms with E-state index < -0.39 is 13.7 Å². The van der Waals surface area contributed by atoms with E-state index >= 15 is 0 Å². The van der Waals surface area contributed by atoms with Gasteiger partial charge in [0, 0.05) is 11.8 Å². The van der Waals surface area contributed by atoms with Gasteiger partial charge in [-0.15, -0.1) is 0 Å². The lowest BCUT2D eigenvalue weighted by Crippen LogP contribution is -2.51. The van der Waals surface area contributed by atoms with Crippen molar-refractivity contribution >= 4 is 19.9 Å². The summed E-state index contributed by atoms with van der Waals surface area (Å²) in [5.41, 5.74) is 0.395. The first-order valence-corrected chi connectivity index (χ1v) is 14.9. The van der Waals surface area contributed by atoms with Crippen molar-refractivity contribution in [3.8, 4) is 0 Å². The highest BCUT2D eigenvalue weighted by molar-refractivity contribution is 6.74. The Morgan fingerprint density at radius 3 is 2.27 bits per heavy atom. The van der Waals surface area contributed by atoms with Crippen LogP contribution in [0, 0.1) is 46.3 Å². The molecule has 2 bridgehead atoms. The highest BCUT2D eigenvalue weighted by Crippen LogP contribution is 2.71. The predicted octanol–water partition coefficient (Wildman–Crippen LogP) is 6.05. The average molecular weight is 431 g/mol. The van der Waals surface area contributed by atoms with Crippen LogP contribution < -0.4 is 0 Å². The summed E-state index contributed by atoms with van der Waals surface area (Å²) in [4.78, 5) is 27.8. The Balaban J connectivity index is 1.86. The summed E-state index contributed by atoms with van der Waals surface area (Å²) in [7, 11) is -2.05. The number of hydrogen-bond donors (Lipinski definition) is 0. The Hall–Kier alpha value is -0.743. The number of ketones is 2. The van der Waals surface area contributed by atoms with Crippen LogP contribution >= 0.6 is 0 Å². The summed E-state index contributed by atoms with van der Waals surface area (Å²) in [5, 5.41) is 0.0957. The minimum Gasteiger partial charge on any atom is -0.413 e. The molecule has 0 amide bonds. The average Bonchev–Trinajstić information content (AvgIpc) is 3.07. The standard InChI is InChI=1S/C26H42O3Si/c1-14-11-18-21(27)15(2)13-26(18)16(3)12-17-20(25(17,7)8)19(23(26)28)22(14)29-30(9,10)24(4,5)6/h13-14,16-20,22H,11-12H2,1-10H3/t14-,16-,17-,18-,19-,20-,22-,26-/m1/s1. The van der Waals surface area contributed by atoms with Crippen molar-refractivity contribution in [2.24, 2.45) is 46.3 Å². The second-order valence-electron chi connectivity index (χ2n) is 13.2. The Bertz CT molecular complexity index is 817. The fourth-order valence-corrected chi connectivity index (χ4v) is 8.61. The molecule has 0 aromatic carbocycles. The zero-order chi connectivity index (χ0) is 22.6. The molecule has 0 radical (unpaired) electrons. The molecule has 3 fully saturated rings. The van der Waals surface area contributed by atoms with Crippen molar-refractivity contribution in [1.29, 1.82) is 0 Å². The third-order valence-electron chi connectivity index (χ3n) is 10.2. The lowest BCUT2D eigenvalue weighted by atomic mass is 9.63. The molecule has 4 aliphatic rings. The summed E-state index contributed by atoms with van der Waals surface area (Å²) in [6, 6.07) is 0. The maximum absolute atomic E-state index is 14.5. The van der Waals surface area contributed by atoms with E-state index in [1.807, 2.05) is 6.92 Å². The molecule has 168 valence electrons. The van der Waals surface area contributed by atoms with E-state index in [9.17, 15) is 9.59 Å². The Morgan fingerprint density at radius 1 is 1.10 bits per heavy atom. The Kier molecular flexibility index (Phi) is 4.79. The van der Waals surface area contributed by atoms with Gasteiger partial charge in [0.2, 0.25) is 0 Å². The van der Waals surface area contributed by atoms with Crippen molar-refractivity contribution in [2.75, 3.05) is 0 Å². The third kappa shape index (κ3) is 2.78. The highest BCUT2D eigenvalue weighted by Gasteiger charge is 2.72. The topological polar surface area (TPSA) is 43.4 Å². The monoisotopic (exact) mass is 430 g/mol. The second-order valence-corrected chi connectivity index (χ2v) is 18.0. The maximum atomic E-state index is 14.5. The van der Waals surface area contributed by atoms with E-state index in [-0.39, 0.29) is 46.0 Å². The largest absolute Gasteiger partial charge is 0.413 e. The van der Waals surface area contributed by atoms with Crippen LogP contribution in [-0.2, 0) is 14.0 Å². The molecule has 4 rings (SSSR count). The van der Waals surface area contributed by atoms with Crippen LogP contribution in [0.15, 0.2) is 11.6 Å². The summed E-state index contributed by atoms with van der Waals surface area (Å²) in [6.45, 7) is 22.5. The first-order chi connectivity index (χ1) is 13.6. The van der Waals surface area contributed by atoms with Gasteiger partial charge in [-0.1, -0.05) is 54.5 Å². The minimum absolute atomic E-state index is 0.0676. The van der Waals surface area contributed by atoms with Crippen LogP contribution in [0.3, 0.4) is 0 Å². The Morgan fingerprint density at radius 2 is 1.70 bits per heavy atom. The van der Waals surface area contributed by atoms with Gasteiger partial charge in [-0.25, -0.2) is 0 Å². The molecule has 4 aliphatic carbocycles. The number of carbonyl (C=O) groups is 2. The number of fused-ring (bicyclic) bond motifs is 3. The molecular formula is C26H42O3Si. The zero-order valence-electron chi connectivity index (χ0n) is 20.8. The summed E-state index contributed by atoms with van der Waals surface area (Å²) in [5.74, 6) is 1.64. The lowest BCUT2D eigenvalue weighted by molar-refractivity contribution is -0.140. The molecule has 1 spiro atoms. The lowest BCUT2D eigenvalue weighted by Gasteiger charge is -2.43. The minimum atomic E-state index is -2.05. The van der Waals surface area contributed by atoms with Gasteiger partial charge < -0.3 is 4.43 Å². The quantitative estimate of drug-likeness (QED) is 0.501. The van der Waals surface area contributed by atoms with E-state index in [4.69, 9.17) is 4.43 Å². The van der Waals surface area contributed by atoms with Gasteiger partial charge in [0.05, 0.1) is 11.5 Å². The van der Waals surface area contributed by atoms with E-state index in [2.05, 4.69) is 67.6 Å². The summed E-state index contributed by atoms with van der Waals surface area (Å²) in [6.07, 6.45) is 3.85. The number of carbonyl (C=O) groups excluding carboxylic acids is 2. The van der Waals surface area contributed by atoms with Crippen LogP contribution in [0.1, 0.15) is 68.2 Å². The molecule has 8 atom stereocenters. The molecule has 4 heteroatoms. The number of hydrogen-bond acceptors (Lipinski definition) is 3. The fourth-order valence-electron chi connectivity index (χ4n) is 7.19. The molecule has 3 nitrogen and oxygen atoms in total. The molecule has 0 aromatic rings. The van der Waals surface area contributed by atoms with Crippen LogP contribution in [0.4, 0.5) is 0 Å². The molecule has 0 unspecified atom stereocenters. The van der Waals surface area contributed by atoms with E-state index in [1.54, 1.807) is 0 Å². The van der Waals surface area contributed by atoms with Crippen LogP contribution in [0.5, 0.6) is 0 Å². The first-order valence-electron chi connectivity index (χ1n) is 12.0. The first kappa shape index (κ1) is 22.5. The van der Waals surface area contributed by atoms with E-state index in [1.165, 1.54) is 0 Å². The maximum Gasteiger partial charge on any atom is 0.192 e. The SMILES string of the molecule is CC1=C[C@]23C(=O)[C@@H]([C@H](O[Si](C)(C)C(C)(C)C)[C@H](C)C[C@@H]2C1=O)[C@H]1[C@@H](C[C@H]3C)C1(C)C. The number of allylic oxidation sites excluding steroid dienone is 2. The van der Waals surface area contributed by atoms with Crippen LogP contribution in [0.2, 0.25) is 18.1 Å². The van der Waals surface area contributed by atoms with Gasteiger partial charge in [-0.2, -0.15) is 0 Å².